The number of benzene rings is 1. The van der Waals surface area contributed by atoms with Crippen LogP contribution in [-0.2, 0) is 8.85 Å². The molecule has 3 rings (SSSR count). The highest BCUT2D eigenvalue weighted by Gasteiger charge is 2.50. The molecule has 0 saturated heterocycles. The molecule has 7 nitrogen and oxygen atoms in total. The number of rotatable bonds is 12. The minimum atomic E-state index is -2.10. The number of nitrogens with zero attached hydrogens (tertiary/aromatic N) is 2. The summed E-state index contributed by atoms with van der Waals surface area (Å²) in [5.41, 5.74) is 2.08. The maximum Gasteiger partial charge on any atom is 0.256 e. The monoisotopic (exact) mass is 599 g/mol. The molecule has 1 heterocycles. The summed E-state index contributed by atoms with van der Waals surface area (Å²) >= 11 is 0. The van der Waals surface area contributed by atoms with Crippen LogP contribution in [0.2, 0.25) is 34.8 Å². The van der Waals surface area contributed by atoms with E-state index in [1.807, 2.05) is 18.2 Å². The molecule has 1 aliphatic carbocycles. The van der Waals surface area contributed by atoms with Crippen LogP contribution < -0.4 is 10.1 Å². The number of hydrogen-bond donors (Lipinski definition) is 1. The largest absolute Gasteiger partial charge is 0.474 e. The second-order valence-electron chi connectivity index (χ2n) is 14.1. The summed E-state index contributed by atoms with van der Waals surface area (Å²) in [6, 6.07) is 10.8. The summed E-state index contributed by atoms with van der Waals surface area (Å²) < 4.78 is 20.5. The highest BCUT2D eigenvalue weighted by atomic mass is 28.4. The molecule has 0 bridgehead atoms. The third-order valence-electron chi connectivity index (χ3n) is 9.32. The Balaban J connectivity index is 1.80. The molecule has 1 saturated carbocycles. The minimum Gasteiger partial charge on any atom is -0.474 e. The highest BCUT2D eigenvalue weighted by molar-refractivity contribution is 6.77. The number of hydrogen-bond acceptors (Lipinski definition) is 6. The predicted molar refractivity (Wildman–Crippen MR) is 173 cm³/mol. The van der Waals surface area contributed by atoms with Gasteiger partial charge in [-0.2, -0.15) is 0 Å². The maximum absolute atomic E-state index is 12.6. The quantitative estimate of drug-likeness (QED) is 0.246. The van der Waals surface area contributed by atoms with Crippen molar-refractivity contribution in [2.45, 2.75) is 122 Å². The van der Waals surface area contributed by atoms with Gasteiger partial charge in [0, 0.05) is 30.6 Å². The summed E-state index contributed by atoms with van der Waals surface area (Å²) in [5.74, 6) is 0.901. The van der Waals surface area contributed by atoms with Crippen LogP contribution in [0.15, 0.2) is 42.7 Å². The number of ether oxygens (including phenoxy) is 1. The normalized spacial score (nSPS) is 20.2. The van der Waals surface area contributed by atoms with Crippen molar-refractivity contribution >= 4 is 28.4 Å². The molecular formula is C32H53N3O4Si2. The van der Waals surface area contributed by atoms with E-state index in [1.54, 1.807) is 18.2 Å². The Morgan fingerprint density at radius 2 is 1.59 bits per heavy atom. The summed E-state index contributed by atoms with van der Waals surface area (Å²) in [7, 11) is -4.02. The SMILES string of the molecule is CC(C)[Si](O[C@H]1C[C@H](Oc2cc(NC(=O)c3ccccc3)ncn2)C[C@@H]1CO[Si](C)(C)C(C)(C)C)(C(C)C)C(C)C. The van der Waals surface area contributed by atoms with Crippen molar-refractivity contribution in [2.75, 3.05) is 11.9 Å². The smallest absolute Gasteiger partial charge is 0.256 e. The van der Waals surface area contributed by atoms with Gasteiger partial charge in [0.2, 0.25) is 14.2 Å². The van der Waals surface area contributed by atoms with Crippen molar-refractivity contribution < 1.29 is 18.4 Å². The van der Waals surface area contributed by atoms with E-state index in [0.717, 1.165) is 12.8 Å². The zero-order chi connectivity index (χ0) is 30.6. The molecule has 0 radical (unpaired) electrons. The molecule has 0 aliphatic heterocycles. The maximum atomic E-state index is 12.6. The van der Waals surface area contributed by atoms with Crippen molar-refractivity contribution in [1.29, 1.82) is 0 Å². The molecule has 41 heavy (non-hydrogen) atoms. The van der Waals surface area contributed by atoms with Gasteiger partial charge >= 0.3 is 0 Å². The van der Waals surface area contributed by atoms with Crippen LogP contribution in [-0.4, -0.2) is 51.3 Å². The van der Waals surface area contributed by atoms with E-state index in [1.165, 1.54) is 6.33 Å². The van der Waals surface area contributed by atoms with Gasteiger partial charge < -0.3 is 18.9 Å². The Labute approximate surface area is 250 Å². The van der Waals surface area contributed by atoms with Crippen molar-refractivity contribution in [2.24, 2.45) is 5.92 Å². The van der Waals surface area contributed by atoms with Gasteiger partial charge in [0.15, 0.2) is 8.32 Å². The molecule has 1 N–H and O–H groups in total. The molecule has 228 valence electrons. The number of carbonyl (C=O) groups is 1. The predicted octanol–water partition coefficient (Wildman–Crippen LogP) is 8.47. The lowest BCUT2D eigenvalue weighted by molar-refractivity contribution is 0.0958. The summed E-state index contributed by atoms with van der Waals surface area (Å²) in [5, 5.41) is 3.00. The number of amides is 1. The van der Waals surface area contributed by atoms with E-state index in [-0.39, 0.29) is 29.1 Å². The molecular weight excluding hydrogens is 547 g/mol. The van der Waals surface area contributed by atoms with Gasteiger partial charge in [-0.15, -0.1) is 0 Å². The van der Waals surface area contributed by atoms with Crippen LogP contribution >= 0.6 is 0 Å². The van der Waals surface area contributed by atoms with Gasteiger partial charge in [0.1, 0.15) is 18.2 Å². The van der Waals surface area contributed by atoms with Crippen molar-refractivity contribution in [3.05, 3.63) is 48.3 Å². The van der Waals surface area contributed by atoms with E-state index in [9.17, 15) is 4.79 Å². The number of carbonyl (C=O) groups excluding carboxylic acids is 1. The van der Waals surface area contributed by atoms with Gasteiger partial charge in [-0.25, -0.2) is 9.97 Å². The third-order valence-corrected chi connectivity index (χ3v) is 19.9. The summed E-state index contributed by atoms with van der Waals surface area (Å²) in [6.07, 6.45) is 3.09. The minimum absolute atomic E-state index is 0.0567. The molecule has 1 amide bonds. The van der Waals surface area contributed by atoms with E-state index in [4.69, 9.17) is 13.6 Å². The molecule has 1 aliphatic rings. The first-order chi connectivity index (χ1) is 19.1. The van der Waals surface area contributed by atoms with E-state index >= 15 is 0 Å². The number of aromatic nitrogens is 2. The van der Waals surface area contributed by atoms with Gasteiger partial charge in [0.25, 0.3) is 5.91 Å². The second-order valence-corrected chi connectivity index (χ2v) is 24.3. The van der Waals surface area contributed by atoms with Gasteiger partial charge in [-0.3, -0.25) is 4.79 Å². The first-order valence-electron chi connectivity index (χ1n) is 15.2. The van der Waals surface area contributed by atoms with Crippen LogP contribution in [0.25, 0.3) is 0 Å². The van der Waals surface area contributed by atoms with Crippen molar-refractivity contribution in [3.8, 4) is 5.88 Å². The second kappa shape index (κ2) is 13.5. The van der Waals surface area contributed by atoms with Crippen LogP contribution in [0, 0.1) is 5.92 Å². The van der Waals surface area contributed by atoms with Crippen LogP contribution in [0.4, 0.5) is 5.82 Å². The molecule has 3 atom stereocenters. The first-order valence-corrected chi connectivity index (χ1v) is 20.3. The molecule has 0 spiro atoms. The molecule has 1 fully saturated rings. The van der Waals surface area contributed by atoms with Gasteiger partial charge in [0.05, 0.1) is 6.10 Å². The summed E-state index contributed by atoms with van der Waals surface area (Å²) in [4.78, 5) is 21.2. The van der Waals surface area contributed by atoms with Gasteiger partial charge in [-0.1, -0.05) is 80.5 Å². The molecule has 1 aromatic heterocycles. The lowest BCUT2D eigenvalue weighted by Crippen LogP contribution is -2.51. The average Bonchev–Trinajstić information content (AvgIpc) is 3.26. The fourth-order valence-corrected chi connectivity index (χ4v) is 12.8. The Morgan fingerprint density at radius 1 is 0.976 bits per heavy atom. The lowest BCUT2D eigenvalue weighted by atomic mass is 10.1. The fourth-order valence-electron chi connectivity index (χ4n) is 6.08. The van der Waals surface area contributed by atoms with Crippen molar-refractivity contribution in [1.82, 2.24) is 9.97 Å². The van der Waals surface area contributed by atoms with Crippen LogP contribution in [0.1, 0.15) is 85.5 Å². The highest BCUT2D eigenvalue weighted by Crippen LogP contribution is 2.46. The standard InChI is InChI=1S/C32H53N3O4Si2/c1-22(2)41(23(3)4,24(5)6)39-28-18-27(17-26(28)20-37-40(10,11)32(7,8)9)38-30-19-29(33-21-34-30)35-31(36)25-15-13-12-14-16-25/h12-16,19,21-24,26-28H,17-18,20H2,1-11H3,(H,33,34,35,36)/t26-,27-,28+/m1/s1. The van der Waals surface area contributed by atoms with E-state index < -0.39 is 16.6 Å². The molecule has 2 aromatic rings. The third kappa shape index (κ3) is 8.06. The molecule has 1 aromatic carbocycles. The topological polar surface area (TPSA) is 82.6 Å². The van der Waals surface area contributed by atoms with Crippen molar-refractivity contribution in [3.63, 3.8) is 0 Å². The fraction of sp³-hybridized carbons (Fsp3) is 0.656. The van der Waals surface area contributed by atoms with Crippen LogP contribution in [0.5, 0.6) is 5.88 Å². The lowest BCUT2D eigenvalue weighted by Gasteiger charge is -2.45. The Bertz CT molecular complexity index is 1110. The zero-order valence-corrected chi connectivity index (χ0v) is 29.2. The van der Waals surface area contributed by atoms with Gasteiger partial charge in [-0.05, 0) is 53.3 Å². The molecule has 0 unspecified atom stereocenters. The van der Waals surface area contributed by atoms with Crippen LogP contribution in [0.3, 0.4) is 0 Å². The molecule has 9 heteroatoms. The summed E-state index contributed by atoms with van der Waals surface area (Å²) in [6.45, 7) is 26.2. The average molecular weight is 600 g/mol. The number of nitrogens with one attached hydrogen (secondary N) is 1. The Hall–Kier alpha value is -2.08. The zero-order valence-electron chi connectivity index (χ0n) is 27.2. The first kappa shape index (κ1) is 33.4. The van der Waals surface area contributed by atoms with E-state index in [2.05, 4.69) is 90.7 Å². The number of anilines is 1. The van der Waals surface area contributed by atoms with E-state index in [0.29, 0.717) is 40.5 Å². The Kier molecular flexibility index (Phi) is 11.0. The Morgan fingerprint density at radius 3 is 2.15 bits per heavy atom.